The van der Waals surface area contributed by atoms with Gasteiger partial charge in [0, 0.05) is 17.2 Å². The number of primary amides is 2. The van der Waals surface area contributed by atoms with E-state index >= 15 is 0 Å². The Morgan fingerprint density at radius 2 is 1.31 bits per heavy atom. The van der Waals surface area contributed by atoms with Gasteiger partial charge in [-0.25, -0.2) is 8.78 Å². The highest BCUT2D eigenvalue weighted by Crippen LogP contribution is 2.33. The van der Waals surface area contributed by atoms with E-state index in [1.165, 1.54) is 29.2 Å². The fourth-order valence-corrected chi connectivity index (χ4v) is 3.52. The summed E-state index contributed by atoms with van der Waals surface area (Å²) in [5.41, 5.74) is 11.9. The van der Waals surface area contributed by atoms with E-state index in [0.29, 0.717) is 11.6 Å². The van der Waals surface area contributed by atoms with Crippen LogP contribution in [-0.2, 0) is 4.79 Å². The molecule has 2 atom stereocenters. The molecule has 32 heavy (non-hydrogen) atoms. The summed E-state index contributed by atoms with van der Waals surface area (Å²) < 4.78 is 27.8. The van der Waals surface area contributed by atoms with Gasteiger partial charge in [0.15, 0.2) is 0 Å². The maximum Gasteiger partial charge on any atom is 0.255 e. The second kappa shape index (κ2) is 9.38. The first-order valence-corrected chi connectivity index (χ1v) is 9.72. The molecular weight excluding hydrogens is 416 g/mol. The van der Waals surface area contributed by atoms with Crippen molar-refractivity contribution in [3.05, 3.63) is 107 Å². The highest BCUT2D eigenvalue weighted by molar-refractivity contribution is 5.99. The topological polar surface area (TPSA) is 106 Å². The lowest BCUT2D eigenvalue weighted by molar-refractivity contribution is -0.123. The smallest absolute Gasteiger partial charge is 0.255 e. The van der Waals surface area contributed by atoms with Crippen LogP contribution in [0.4, 0.5) is 8.78 Å². The lowest BCUT2D eigenvalue weighted by Crippen LogP contribution is -2.43. The number of benzene rings is 3. The number of nitrogens with zero attached hydrogens (tertiary/aromatic N) is 1. The van der Waals surface area contributed by atoms with Gasteiger partial charge < -0.3 is 16.4 Å². The van der Waals surface area contributed by atoms with Crippen LogP contribution in [0.1, 0.15) is 50.9 Å². The molecule has 6 nitrogen and oxygen atoms in total. The van der Waals surface area contributed by atoms with Gasteiger partial charge >= 0.3 is 0 Å². The zero-order valence-electron chi connectivity index (χ0n) is 17.2. The van der Waals surface area contributed by atoms with E-state index in [2.05, 4.69) is 0 Å². The standard InChI is InChI=1S/C24H21F2N3O3/c1-14(18-11-19(25)13-20(26)12-18)29(21(23(28)31)15-5-3-2-4-6-15)24(32)17-9-7-16(8-10-17)22(27)30/h2-14,21H,1H3,(H2,27,30)(H2,28,31)/t14-,21-/m1/s1. The van der Waals surface area contributed by atoms with Crippen molar-refractivity contribution < 1.29 is 23.2 Å². The molecule has 0 unspecified atom stereocenters. The number of rotatable bonds is 7. The van der Waals surface area contributed by atoms with Gasteiger partial charge in [-0.1, -0.05) is 30.3 Å². The Balaban J connectivity index is 2.14. The van der Waals surface area contributed by atoms with Crippen molar-refractivity contribution in [1.29, 1.82) is 0 Å². The summed E-state index contributed by atoms with van der Waals surface area (Å²) in [4.78, 5) is 38.6. The normalized spacial score (nSPS) is 12.6. The van der Waals surface area contributed by atoms with Crippen LogP contribution in [0.3, 0.4) is 0 Å². The molecule has 8 heteroatoms. The first-order valence-electron chi connectivity index (χ1n) is 9.72. The number of hydrogen-bond donors (Lipinski definition) is 2. The molecule has 0 saturated heterocycles. The molecule has 0 fully saturated rings. The van der Waals surface area contributed by atoms with Crippen LogP contribution in [0.15, 0.2) is 72.8 Å². The molecule has 0 aliphatic rings. The van der Waals surface area contributed by atoms with Gasteiger partial charge in [0.1, 0.15) is 17.7 Å². The minimum Gasteiger partial charge on any atom is -0.368 e. The second-order valence-electron chi connectivity index (χ2n) is 7.25. The highest BCUT2D eigenvalue weighted by Gasteiger charge is 2.35. The van der Waals surface area contributed by atoms with Gasteiger partial charge in [-0.2, -0.15) is 0 Å². The van der Waals surface area contributed by atoms with Crippen LogP contribution in [0.5, 0.6) is 0 Å². The molecule has 4 N–H and O–H groups in total. The number of nitrogens with two attached hydrogens (primary N) is 2. The third-order valence-corrected chi connectivity index (χ3v) is 5.10. The molecule has 3 aromatic rings. The molecule has 3 amide bonds. The molecule has 0 aromatic heterocycles. The quantitative estimate of drug-likeness (QED) is 0.591. The average Bonchev–Trinajstić information content (AvgIpc) is 2.76. The Kier molecular flexibility index (Phi) is 6.63. The lowest BCUT2D eigenvalue weighted by Gasteiger charge is -2.35. The molecule has 0 radical (unpaired) electrons. The molecule has 164 valence electrons. The van der Waals surface area contributed by atoms with E-state index < -0.39 is 41.4 Å². The van der Waals surface area contributed by atoms with E-state index in [4.69, 9.17) is 11.5 Å². The van der Waals surface area contributed by atoms with Gasteiger partial charge in [-0.3, -0.25) is 14.4 Å². The minimum atomic E-state index is -1.22. The highest BCUT2D eigenvalue weighted by atomic mass is 19.1. The SMILES string of the molecule is C[C@H](c1cc(F)cc(F)c1)N(C(=O)c1ccc(C(N)=O)cc1)[C@@H](C(N)=O)c1ccccc1. The fourth-order valence-electron chi connectivity index (χ4n) is 3.52. The van der Waals surface area contributed by atoms with Gasteiger partial charge in [-0.15, -0.1) is 0 Å². The molecule has 3 rings (SSSR count). The van der Waals surface area contributed by atoms with Gasteiger partial charge in [0.2, 0.25) is 11.8 Å². The lowest BCUT2D eigenvalue weighted by atomic mass is 9.97. The summed E-state index contributed by atoms with van der Waals surface area (Å²) in [6.07, 6.45) is 0. The van der Waals surface area contributed by atoms with Crippen molar-refractivity contribution in [2.75, 3.05) is 0 Å². The molecule has 0 bridgehead atoms. The van der Waals surface area contributed by atoms with Crippen molar-refractivity contribution >= 4 is 17.7 Å². The first-order chi connectivity index (χ1) is 15.2. The summed E-state index contributed by atoms with van der Waals surface area (Å²) in [5, 5.41) is 0. The summed E-state index contributed by atoms with van der Waals surface area (Å²) in [7, 11) is 0. The third kappa shape index (κ3) is 4.80. The molecule has 0 aliphatic carbocycles. The van der Waals surface area contributed by atoms with Crippen molar-refractivity contribution in [2.45, 2.75) is 19.0 Å². The molecule has 0 aliphatic heterocycles. The van der Waals surface area contributed by atoms with Crippen LogP contribution < -0.4 is 11.5 Å². The number of carbonyl (C=O) groups is 3. The van der Waals surface area contributed by atoms with Crippen molar-refractivity contribution in [3.63, 3.8) is 0 Å². The summed E-state index contributed by atoms with van der Waals surface area (Å²) in [5.74, 6) is -3.74. The first kappa shape index (κ1) is 22.6. The maximum atomic E-state index is 13.9. The maximum absolute atomic E-state index is 13.9. The van der Waals surface area contributed by atoms with Crippen LogP contribution in [-0.4, -0.2) is 22.6 Å². The van der Waals surface area contributed by atoms with Crippen LogP contribution in [0, 0.1) is 11.6 Å². The number of hydrogen-bond acceptors (Lipinski definition) is 3. The van der Waals surface area contributed by atoms with E-state index in [0.717, 1.165) is 12.1 Å². The van der Waals surface area contributed by atoms with Gasteiger partial charge in [0.25, 0.3) is 5.91 Å². The number of carbonyl (C=O) groups excluding carboxylic acids is 3. The van der Waals surface area contributed by atoms with Crippen molar-refractivity contribution in [2.24, 2.45) is 11.5 Å². The summed E-state index contributed by atoms with van der Waals surface area (Å²) >= 11 is 0. The zero-order valence-corrected chi connectivity index (χ0v) is 17.2. The Hall–Kier alpha value is -4.07. The van der Waals surface area contributed by atoms with Crippen LogP contribution in [0.2, 0.25) is 0 Å². The zero-order chi connectivity index (χ0) is 23.4. The summed E-state index contributed by atoms with van der Waals surface area (Å²) in [6.45, 7) is 1.54. The van der Waals surface area contributed by atoms with E-state index in [1.807, 2.05) is 0 Å². The van der Waals surface area contributed by atoms with E-state index in [-0.39, 0.29) is 16.7 Å². The Labute approximate surface area is 183 Å². The fraction of sp³-hybridized carbons (Fsp3) is 0.125. The second-order valence-corrected chi connectivity index (χ2v) is 7.25. The molecule has 0 spiro atoms. The van der Waals surface area contributed by atoms with Gasteiger partial charge in [-0.05, 0) is 54.4 Å². The Morgan fingerprint density at radius 3 is 1.81 bits per heavy atom. The predicted octanol–water partition coefficient (Wildman–Crippen LogP) is 3.49. The Bertz CT molecular complexity index is 1130. The largest absolute Gasteiger partial charge is 0.368 e. The average molecular weight is 437 g/mol. The minimum absolute atomic E-state index is 0.140. The predicted molar refractivity (Wildman–Crippen MR) is 114 cm³/mol. The van der Waals surface area contributed by atoms with E-state index in [9.17, 15) is 23.2 Å². The Morgan fingerprint density at radius 1 is 0.781 bits per heavy atom. The molecular formula is C24H21F2N3O3. The van der Waals surface area contributed by atoms with Crippen LogP contribution >= 0.6 is 0 Å². The van der Waals surface area contributed by atoms with Crippen molar-refractivity contribution in [3.8, 4) is 0 Å². The summed E-state index contributed by atoms with van der Waals surface area (Å²) in [6, 6.07) is 14.6. The van der Waals surface area contributed by atoms with Crippen molar-refractivity contribution in [1.82, 2.24) is 4.90 Å². The molecule has 0 saturated carbocycles. The number of amides is 3. The van der Waals surface area contributed by atoms with Gasteiger partial charge in [0.05, 0.1) is 6.04 Å². The molecule has 3 aromatic carbocycles. The number of halogens is 2. The van der Waals surface area contributed by atoms with E-state index in [1.54, 1.807) is 37.3 Å². The van der Waals surface area contributed by atoms with Crippen LogP contribution in [0.25, 0.3) is 0 Å². The molecule has 0 heterocycles. The third-order valence-electron chi connectivity index (χ3n) is 5.10. The monoisotopic (exact) mass is 437 g/mol.